The van der Waals surface area contributed by atoms with E-state index in [1.807, 2.05) is 72.8 Å². The van der Waals surface area contributed by atoms with E-state index in [1.165, 1.54) is 0 Å². The third kappa shape index (κ3) is 6.21. The standard InChI is InChI=1S/C38H40N4O3/c39-32-20-10-13-28(25-32)27-40-36(44)33-21-11-24-42(33)37(45)34-22-12-23-41(34)35(43)26-38(29-14-4-1-5-15-29,30-16-6-2-7-17-30)31-18-8-3-9-19-31/h1-10,13-20,25,33-34H,11-12,21-24,26-27,39H2,(H,40,44)/t33-,34+/m1/s1. The molecule has 0 aliphatic carbocycles. The third-order valence-electron chi connectivity index (χ3n) is 9.33. The Morgan fingerprint density at radius 2 is 1.22 bits per heavy atom. The van der Waals surface area contributed by atoms with Gasteiger partial charge in [0.25, 0.3) is 0 Å². The van der Waals surface area contributed by atoms with Crippen molar-refractivity contribution in [2.75, 3.05) is 18.8 Å². The molecule has 0 saturated carbocycles. The van der Waals surface area contributed by atoms with Gasteiger partial charge in [-0.2, -0.15) is 0 Å². The van der Waals surface area contributed by atoms with Crippen LogP contribution in [0.3, 0.4) is 0 Å². The Bertz CT molecular complexity index is 1530. The number of likely N-dealkylation sites (tertiary alicyclic amines) is 2. The van der Waals surface area contributed by atoms with Gasteiger partial charge >= 0.3 is 0 Å². The van der Waals surface area contributed by atoms with Crippen LogP contribution >= 0.6 is 0 Å². The van der Waals surface area contributed by atoms with E-state index in [0.717, 1.165) is 35.1 Å². The number of rotatable bonds is 9. The van der Waals surface area contributed by atoms with Gasteiger partial charge in [-0.1, -0.05) is 103 Å². The van der Waals surface area contributed by atoms with Crippen LogP contribution in [-0.4, -0.2) is 52.7 Å². The van der Waals surface area contributed by atoms with Gasteiger partial charge in [-0.3, -0.25) is 14.4 Å². The first kappa shape index (κ1) is 30.1. The molecule has 2 fully saturated rings. The van der Waals surface area contributed by atoms with Crippen LogP contribution in [0.4, 0.5) is 5.69 Å². The van der Waals surface area contributed by atoms with Crippen molar-refractivity contribution in [2.24, 2.45) is 0 Å². The zero-order valence-corrected chi connectivity index (χ0v) is 25.5. The molecule has 2 heterocycles. The number of carbonyl (C=O) groups is 3. The third-order valence-corrected chi connectivity index (χ3v) is 9.33. The predicted molar refractivity (Wildman–Crippen MR) is 176 cm³/mol. The first-order chi connectivity index (χ1) is 22.0. The summed E-state index contributed by atoms with van der Waals surface area (Å²) in [7, 11) is 0. The van der Waals surface area contributed by atoms with E-state index in [0.29, 0.717) is 38.2 Å². The number of nitrogens with two attached hydrogens (primary N) is 1. The van der Waals surface area contributed by atoms with E-state index < -0.39 is 17.5 Å². The molecule has 3 amide bonds. The highest BCUT2D eigenvalue weighted by Gasteiger charge is 2.45. The molecular formula is C38H40N4O3. The average Bonchev–Trinajstić information content (AvgIpc) is 3.78. The minimum absolute atomic E-state index is 0.0655. The summed E-state index contributed by atoms with van der Waals surface area (Å²) in [6.07, 6.45) is 2.88. The summed E-state index contributed by atoms with van der Waals surface area (Å²) in [5, 5.41) is 2.99. The lowest BCUT2D eigenvalue weighted by molar-refractivity contribution is -0.146. The normalized spacial score (nSPS) is 18.1. The van der Waals surface area contributed by atoms with Crippen LogP contribution in [0, 0.1) is 0 Å². The highest BCUT2D eigenvalue weighted by molar-refractivity contribution is 5.93. The fraction of sp³-hybridized carbons (Fsp3) is 0.289. The zero-order chi connectivity index (χ0) is 31.2. The molecule has 3 N–H and O–H groups in total. The highest BCUT2D eigenvalue weighted by Crippen LogP contribution is 2.43. The lowest BCUT2D eigenvalue weighted by Crippen LogP contribution is -2.53. The van der Waals surface area contributed by atoms with E-state index in [4.69, 9.17) is 5.73 Å². The maximum absolute atomic E-state index is 14.5. The smallest absolute Gasteiger partial charge is 0.246 e. The second-order valence-electron chi connectivity index (χ2n) is 12.1. The molecule has 0 radical (unpaired) electrons. The molecule has 0 bridgehead atoms. The first-order valence-electron chi connectivity index (χ1n) is 15.9. The second-order valence-corrected chi connectivity index (χ2v) is 12.1. The molecule has 6 rings (SSSR count). The van der Waals surface area contributed by atoms with Crippen LogP contribution in [0.2, 0.25) is 0 Å². The number of anilines is 1. The molecule has 2 saturated heterocycles. The molecule has 0 spiro atoms. The Balaban J connectivity index is 1.25. The van der Waals surface area contributed by atoms with E-state index in [2.05, 4.69) is 41.7 Å². The molecule has 4 aromatic carbocycles. The van der Waals surface area contributed by atoms with Gasteiger partial charge in [0.1, 0.15) is 12.1 Å². The number of hydrogen-bond acceptors (Lipinski definition) is 4. The number of hydrogen-bond donors (Lipinski definition) is 2. The van der Waals surface area contributed by atoms with Crippen molar-refractivity contribution in [3.63, 3.8) is 0 Å². The summed E-state index contributed by atoms with van der Waals surface area (Å²) in [5.41, 5.74) is 9.77. The number of carbonyl (C=O) groups excluding carboxylic acids is 3. The van der Waals surface area contributed by atoms with Crippen LogP contribution < -0.4 is 11.1 Å². The molecule has 230 valence electrons. The van der Waals surface area contributed by atoms with Crippen LogP contribution in [0.15, 0.2) is 115 Å². The minimum atomic E-state index is -0.742. The Kier molecular flexibility index (Phi) is 8.96. The molecular weight excluding hydrogens is 560 g/mol. The van der Waals surface area contributed by atoms with Gasteiger partial charge in [0.15, 0.2) is 0 Å². The topological polar surface area (TPSA) is 95.7 Å². The van der Waals surface area contributed by atoms with Gasteiger partial charge < -0.3 is 20.9 Å². The van der Waals surface area contributed by atoms with Gasteiger partial charge in [0.2, 0.25) is 17.7 Å². The van der Waals surface area contributed by atoms with Crippen molar-refractivity contribution in [3.8, 4) is 0 Å². The zero-order valence-electron chi connectivity index (χ0n) is 25.5. The molecule has 0 unspecified atom stereocenters. The molecule has 45 heavy (non-hydrogen) atoms. The Labute approximate surface area is 265 Å². The highest BCUT2D eigenvalue weighted by atomic mass is 16.2. The number of nitrogen functional groups attached to an aromatic ring is 1. The van der Waals surface area contributed by atoms with Crippen LogP contribution in [-0.2, 0) is 26.3 Å². The first-order valence-corrected chi connectivity index (χ1v) is 15.9. The fourth-order valence-corrected chi connectivity index (χ4v) is 7.13. The van der Waals surface area contributed by atoms with Crippen LogP contribution in [0.25, 0.3) is 0 Å². The maximum atomic E-state index is 14.5. The van der Waals surface area contributed by atoms with E-state index in [9.17, 15) is 14.4 Å². The van der Waals surface area contributed by atoms with E-state index in [1.54, 1.807) is 15.9 Å². The lowest BCUT2D eigenvalue weighted by atomic mass is 9.67. The summed E-state index contributed by atoms with van der Waals surface area (Å²) in [6.45, 7) is 1.37. The average molecular weight is 601 g/mol. The van der Waals surface area contributed by atoms with Crippen molar-refractivity contribution in [1.82, 2.24) is 15.1 Å². The predicted octanol–water partition coefficient (Wildman–Crippen LogP) is 5.29. The summed E-state index contributed by atoms with van der Waals surface area (Å²) >= 11 is 0. The summed E-state index contributed by atoms with van der Waals surface area (Å²) in [6, 6.07) is 36.8. The quantitative estimate of drug-likeness (QED) is 0.202. The molecule has 4 aromatic rings. The lowest BCUT2D eigenvalue weighted by Gasteiger charge is -2.38. The number of benzene rings is 4. The van der Waals surface area contributed by atoms with Crippen molar-refractivity contribution in [1.29, 1.82) is 0 Å². The number of amides is 3. The van der Waals surface area contributed by atoms with Gasteiger partial charge in [-0.05, 0) is 60.1 Å². The van der Waals surface area contributed by atoms with Crippen molar-refractivity contribution in [2.45, 2.75) is 56.1 Å². The Morgan fingerprint density at radius 3 is 1.78 bits per heavy atom. The summed E-state index contributed by atoms with van der Waals surface area (Å²) in [4.78, 5) is 45.3. The van der Waals surface area contributed by atoms with Gasteiger partial charge in [-0.15, -0.1) is 0 Å². The van der Waals surface area contributed by atoms with Gasteiger partial charge in [0.05, 0.1) is 5.41 Å². The van der Waals surface area contributed by atoms with E-state index >= 15 is 0 Å². The number of nitrogens with one attached hydrogen (secondary N) is 1. The fourth-order valence-electron chi connectivity index (χ4n) is 7.13. The van der Waals surface area contributed by atoms with Crippen LogP contribution in [0.1, 0.15) is 54.4 Å². The van der Waals surface area contributed by atoms with Crippen molar-refractivity contribution >= 4 is 23.4 Å². The Morgan fingerprint density at radius 1 is 0.689 bits per heavy atom. The van der Waals surface area contributed by atoms with Crippen molar-refractivity contribution < 1.29 is 14.4 Å². The van der Waals surface area contributed by atoms with Gasteiger partial charge in [-0.25, -0.2) is 0 Å². The van der Waals surface area contributed by atoms with E-state index in [-0.39, 0.29) is 24.1 Å². The largest absolute Gasteiger partial charge is 0.399 e. The SMILES string of the molecule is Nc1cccc(CNC(=O)[C@H]2CCCN2C(=O)[C@@H]2CCCN2C(=O)CC(c2ccccc2)(c2ccccc2)c2ccccc2)c1. The molecule has 2 aliphatic heterocycles. The number of nitrogens with zero attached hydrogens (tertiary/aromatic N) is 2. The molecule has 2 aliphatic rings. The maximum Gasteiger partial charge on any atom is 0.246 e. The minimum Gasteiger partial charge on any atom is -0.399 e. The summed E-state index contributed by atoms with van der Waals surface area (Å²) in [5.74, 6) is -0.369. The Hall–Kier alpha value is -4.91. The summed E-state index contributed by atoms with van der Waals surface area (Å²) < 4.78 is 0. The molecule has 7 heteroatoms. The monoisotopic (exact) mass is 600 g/mol. The van der Waals surface area contributed by atoms with Gasteiger partial charge in [0, 0.05) is 31.7 Å². The second kappa shape index (κ2) is 13.4. The van der Waals surface area contributed by atoms with Crippen LogP contribution in [0.5, 0.6) is 0 Å². The molecule has 0 aromatic heterocycles. The molecule has 2 atom stereocenters. The molecule has 7 nitrogen and oxygen atoms in total. The van der Waals surface area contributed by atoms with Crippen molar-refractivity contribution in [3.05, 3.63) is 138 Å².